The number of carbonyl (C=O) groups is 3. The van der Waals surface area contributed by atoms with Crippen molar-refractivity contribution in [3.05, 3.63) is 45.2 Å². The molecule has 0 radical (unpaired) electrons. The summed E-state index contributed by atoms with van der Waals surface area (Å²) in [5, 5.41) is 46.3. The van der Waals surface area contributed by atoms with E-state index in [9.17, 15) is 48.0 Å². The number of phenolic OH excluding ortho intramolecular Hbond substituents is 1. The number of carbonyl (C=O) groups excluding carboxylic acids is 3. The van der Waals surface area contributed by atoms with Gasteiger partial charge in [-0.1, -0.05) is 13.3 Å². The number of nitrogens with two attached hydrogens (primary N) is 1. The van der Waals surface area contributed by atoms with Crippen molar-refractivity contribution >= 4 is 23.2 Å². The summed E-state index contributed by atoms with van der Waals surface area (Å²) < 4.78 is 42.8. The number of hydrogen-bond acceptors (Lipinski definition) is 8. The number of hydrogen-bond donors (Lipinski definition) is 6. The highest BCUT2D eigenvalue weighted by molar-refractivity contribution is 6.22. The fourth-order valence-corrected chi connectivity index (χ4v) is 5.78. The Balaban J connectivity index is 1.88. The standard InChI is InChI=1S/C25H27F3N2O7/c1-2-3-4-30-9-11-7-14(31)17-13(19(11)25(26,27)28)6-10-5-12-8-15(32)18(23(29)36)22(35)24(12,37)21(34)16(10)20(17)33/h7,10,12,30-31,33,35,37H,2-6,8-9H2,1H3,(H2,29,36)/t10?,12-,24-/m0/s1. The van der Waals surface area contributed by atoms with Crippen LogP contribution in [0.2, 0.25) is 0 Å². The summed E-state index contributed by atoms with van der Waals surface area (Å²) in [4.78, 5) is 37.5. The van der Waals surface area contributed by atoms with Gasteiger partial charge < -0.3 is 31.5 Å². The molecule has 200 valence electrons. The van der Waals surface area contributed by atoms with Crippen molar-refractivity contribution < 1.29 is 48.0 Å². The zero-order valence-corrected chi connectivity index (χ0v) is 19.9. The molecule has 0 spiro atoms. The Hall–Kier alpha value is -3.38. The van der Waals surface area contributed by atoms with E-state index >= 15 is 0 Å². The molecule has 1 fully saturated rings. The monoisotopic (exact) mass is 524 g/mol. The Morgan fingerprint density at radius 1 is 1.22 bits per heavy atom. The number of nitrogens with one attached hydrogen (secondary N) is 1. The van der Waals surface area contributed by atoms with Crippen molar-refractivity contribution in [1.29, 1.82) is 0 Å². The Kier molecular flexibility index (Phi) is 6.62. The average molecular weight is 524 g/mol. The second-order valence-corrected chi connectivity index (χ2v) is 9.72. The maximum absolute atomic E-state index is 14.3. The lowest BCUT2D eigenvalue weighted by Gasteiger charge is -2.46. The Bertz CT molecular complexity index is 1270. The molecule has 0 bridgehead atoms. The molecule has 0 heterocycles. The first-order valence-corrected chi connectivity index (χ1v) is 11.9. The predicted octanol–water partition coefficient (Wildman–Crippen LogP) is 2.33. The van der Waals surface area contributed by atoms with Crippen LogP contribution in [0.4, 0.5) is 13.2 Å². The van der Waals surface area contributed by atoms with E-state index in [1.807, 2.05) is 6.92 Å². The minimum Gasteiger partial charge on any atom is -0.508 e. The van der Waals surface area contributed by atoms with Crippen molar-refractivity contribution in [2.24, 2.45) is 17.6 Å². The van der Waals surface area contributed by atoms with Crippen LogP contribution in [0.1, 0.15) is 54.9 Å². The lowest BCUT2D eigenvalue weighted by Crippen LogP contribution is -2.58. The third kappa shape index (κ3) is 4.08. The minimum atomic E-state index is -4.85. The maximum atomic E-state index is 14.3. The fourth-order valence-electron chi connectivity index (χ4n) is 5.78. The van der Waals surface area contributed by atoms with Gasteiger partial charge in [-0.15, -0.1) is 0 Å². The van der Waals surface area contributed by atoms with E-state index in [2.05, 4.69) is 5.32 Å². The first kappa shape index (κ1) is 26.7. The van der Waals surface area contributed by atoms with E-state index in [0.717, 1.165) is 18.9 Å². The van der Waals surface area contributed by atoms with Crippen LogP contribution in [-0.2, 0) is 33.5 Å². The van der Waals surface area contributed by atoms with Crippen LogP contribution in [0.3, 0.4) is 0 Å². The summed E-state index contributed by atoms with van der Waals surface area (Å²) in [6.45, 7) is 2.19. The van der Waals surface area contributed by atoms with Gasteiger partial charge in [0.1, 0.15) is 22.8 Å². The zero-order chi connectivity index (χ0) is 27.4. The van der Waals surface area contributed by atoms with E-state index in [1.165, 1.54) is 0 Å². The molecular formula is C25H27F3N2O7. The topological polar surface area (TPSA) is 170 Å². The lowest BCUT2D eigenvalue weighted by atomic mass is 9.59. The summed E-state index contributed by atoms with van der Waals surface area (Å²) in [5.41, 5.74) is -1.33. The SMILES string of the molecule is CCCCNCc1cc(O)c2c(c1C(F)(F)F)CC1C[C@H]3CC(=O)C(C(N)=O)=C(O)[C@@]3(O)C(=O)C1=C2O. The van der Waals surface area contributed by atoms with Gasteiger partial charge >= 0.3 is 6.18 Å². The number of aliphatic hydroxyl groups is 3. The minimum absolute atomic E-state index is 0.192. The third-order valence-electron chi connectivity index (χ3n) is 7.45. The summed E-state index contributed by atoms with van der Waals surface area (Å²) in [7, 11) is 0. The van der Waals surface area contributed by atoms with Crippen molar-refractivity contribution in [1.82, 2.24) is 5.32 Å². The third-order valence-corrected chi connectivity index (χ3v) is 7.45. The number of fused-ring (bicyclic) bond motifs is 3. The van der Waals surface area contributed by atoms with Gasteiger partial charge in [0, 0.05) is 24.5 Å². The van der Waals surface area contributed by atoms with E-state index in [1.54, 1.807) is 0 Å². The number of alkyl halides is 3. The molecule has 3 atom stereocenters. The van der Waals surface area contributed by atoms with Crippen molar-refractivity contribution in [2.45, 2.75) is 57.3 Å². The molecule has 7 N–H and O–H groups in total. The summed E-state index contributed by atoms with van der Waals surface area (Å²) in [6, 6.07) is 0.879. The average Bonchev–Trinajstić information content (AvgIpc) is 2.77. The number of rotatable bonds is 6. The smallest absolute Gasteiger partial charge is 0.417 e. The molecule has 9 nitrogen and oxygen atoms in total. The van der Waals surface area contributed by atoms with E-state index in [4.69, 9.17) is 5.73 Å². The number of benzene rings is 1. The van der Waals surface area contributed by atoms with Gasteiger partial charge in [-0.2, -0.15) is 13.2 Å². The largest absolute Gasteiger partial charge is 0.508 e. The van der Waals surface area contributed by atoms with Crippen LogP contribution >= 0.6 is 0 Å². The fraction of sp³-hybridized carbons (Fsp3) is 0.480. The van der Waals surface area contributed by atoms with Crippen molar-refractivity contribution in [3.63, 3.8) is 0 Å². The number of amides is 1. The highest BCUT2D eigenvalue weighted by Crippen LogP contribution is 2.53. The van der Waals surface area contributed by atoms with Crippen LogP contribution < -0.4 is 11.1 Å². The molecule has 1 aromatic carbocycles. The molecule has 37 heavy (non-hydrogen) atoms. The van der Waals surface area contributed by atoms with Gasteiger partial charge in [-0.3, -0.25) is 14.4 Å². The van der Waals surface area contributed by atoms with Crippen molar-refractivity contribution in [2.75, 3.05) is 6.54 Å². The first-order chi connectivity index (χ1) is 17.2. The van der Waals surface area contributed by atoms with Crippen LogP contribution in [0.5, 0.6) is 5.75 Å². The summed E-state index contributed by atoms with van der Waals surface area (Å²) in [5.74, 6) is -8.73. The van der Waals surface area contributed by atoms with Crippen LogP contribution in [0.25, 0.3) is 5.76 Å². The van der Waals surface area contributed by atoms with Gasteiger partial charge in [-0.05, 0) is 48.9 Å². The lowest BCUT2D eigenvalue weighted by molar-refractivity contribution is -0.147. The number of halogens is 3. The van der Waals surface area contributed by atoms with E-state index < -0.39 is 99.0 Å². The molecule has 4 rings (SSSR count). The zero-order valence-electron chi connectivity index (χ0n) is 19.9. The molecule has 1 saturated carbocycles. The second kappa shape index (κ2) is 9.18. The highest BCUT2D eigenvalue weighted by Gasteiger charge is 2.60. The second-order valence-electron chi connectivity index (χ2n) is 9.72. The van der Waals surface area contributed by atoms with Gasteiger partial charge in [0.05, 0.1) is 11.1 Å². The number of primary amides is 1. The van der Waals surface area contributed by atoms with Gasteiger partial charge in [0.25, 0.3) is 5.91 Å². The van der Waals surface area contributed by atoms with E-state index in [-0.39, 0.29) is 18.5 Å². The van der Waals surface area contributed by atoms with Crippen LogP contribution in [0, 0.1) is 11.8 Å². The molecule has 1 amide bonds. The Labute approximate surface area is 209 Å². The number of unbranched alkanes of at least 4 members (excludes halogenated alkanes) is 1. The molecule has 12 heteroatoms. The molecule has 3 aliphatic rings. The highest BCUT2D eigenvalue weighted by atomic mass is 19.4. The Morgan fingerprint density at radius 2 is 1.89 bits per heavy atom. The molecule has 0 saturated heterocycles. The Morgan fingerprint density at radius 3 is 2.49 bits per heavy atom. The maximum Gasteiger partial charge on any atom is 0.417 e. The van der Waals surface area contributed by atoms with E-state index in [0.29, 0.717) is 6.54 Å². The van der Waals surface area contributed by atoms with Gasteiger partial charge in [0.15, 0.2) is 11.4 Å². The number of phenols is 1. The number of aliphatic hydroxyl groups excluding tert-OH is 2. The molecule has 3 aliphatic carbocycles. The molecular weight excluding hydrogens is 497 g/mol. The van der Waals surface area contributed by atoms with Gasteiger partial charge in [0.2, 0.25) is 5.78 Å². The molecule has 1 unspecified atom stereocenters. The molecule has 0 aromatic heterocycles. The van der Waals surface area contributed by atoms with Gasteiger partial charge in [-0.25, -0.2) is 0 Å². The quantitative estimate of drug-likeness (QED) is 0.243. The molecule has 1 aromatic rings. The number of aromatic hydroxyl groups is 1. The number of Topliss-reactive ketones (excluding diaryl/α,β-unsaturated/α-hetero) is 2. The van der Waals surface area contributed by atoms with Crippen LogP contribution in [0.15, 0.2) is 23.0 Å². The summed E-state index contributed by atoms with van der Waals surface area (Å²) in [6.07, 6.45) is -4.51. The van der Waals surface area contributed by atoms with Crippen LogP contribution in [-0.4, -0.2) is 50.0 Å². The molecule has 0 aliphatic heterocycles. The summed E-state index contributed by atoms with van der Waals surface area (Å²) >= 11 is 0. The number of ketones is 2. The normalized spacial score (nSPS) is 25.6. The first-order valence-electron chi connectivity index (χ1n) is 11.9. The van der Waals surface area contributed by atoms with Crippen molar-refractivity contribution in [3.8, 4) is 5.75 Å². The predicted molar refractivity (Wildman–Crippen MR) is 123 cm³/mol.